The van der Waals surface area contributed by atoms with Crippen molar-refractivity contribution < 1.29 is 56.6 Å². The maximum absolute atomic E-state index is 12.9. The Hall–Kier alpha value is -2.29. The van der Waals surface area contributed by atoms with E-state index in [1.54, 1.807) is 18.2 Å². The van der Waals surface area contributed by atoms with Crippen molar-refractivity contribution >= 4 is 44.9 Å². The molecule has 0 saturated heterocycles. The van der Waals surface area contributed by atoms with Crippen molar-refractivity contribution in [2.45, 2.75) is 62.2 Å². The first kappa shape index (κ1) is 49.1. The van der Waals surface area contributed by atoms with Crippen LogP contribution < -0.4 is 10.0 Å². The molecule has 322 valence electrons. The summed E-state index contributed by atoms with van der Waals surface area (Å²) >= 11 is 12.8. The molecule has 15 nitrogen and oxygen atoms in total. The summed E-state index contributed by atoms with van der Waals surface area (Å²) in [6.45, 7) is 7.72. The number of carbonyl (C=O) groups excluding carboxylic acids is 2. The van der Waals surface area contributed by atoms with Crippen molar-refractivity contribution in [1.82, 2.24) is 14.9 Å². The number of unbranched alkanes of at least 4 members (excludes halogenated alkanes) is 1. The van der Waals surface area contributed by atoms with Gasteiger partial charge in [0.2, 0.25) is 10.0 Å². The van der Waals surface area contributed by atoms with E-state index in [0.717, 1.165) is 42.7 Å². The van der Waals surface area contributed by atoms with Crippen LogP contribution in [0.15, 0.2) is 41.3 Å². The standard InChI is InChI=1S/C39H59Cl2N3O12S/c1-3-4-13-51-17-21-55-22-18-52-14-5-6-36(45)37(46)38(47)39(48)42-11-15-53-19-23-56-24-20-54-16-12-43-57(49,50)31-9-7-29(8-10-31)33-27-44(2)28-34-32(33)25-30(40)26-35(34)41/h7-10,25-26,33,37-38,43,46-47H,3-6,11-24,27-28H2,1-2H3,(H,42,48)/t33-,37?,38?/m1/s1. The molecule has 2 unspecified atom stereocenters. The van der Waals surface area contributed by atoms with Gasteiger partial charge in [-0.05, 0) is 60.8 Å². The molecule has 2 aromatic carbocycles. The van der Waals surface area contributed by atoms with Gasteiger partial charge < -0.3 is 48.9 Å². The van der Waals surface area contributed by atoms with Crippen molar-refractivity contribution in [1.29, 1.82) is 0 Å². The third kappa shape index (κ3) is 18.2. The lowest BCUT2D eigenvalue weighted by molar-refractivity contribution is -0.145. The first-order valence-electron chi connectivity index (χ1n) is 19.3. The molecule has 0 aromatic heterocycles. The lowest BCUT2D eigenvalue weighted by atomic mass is 9.85. The highest BCUT2D eigenvalue weighted by atomic mass is 35.5. The Balaban J connectivity index is 1.16. The smallest absolute Gasteiger partial charge is 0.252 e. The summed E-state index contributed by atoms with van der Waals surface area (Å²) < 4.78 is 60.7. The second-order valence-corrected chi connectivity index (χ2v) is 16.1. The zero-order valence-corrected chi connectivity index (χ0v) is 35.3. The van der Waals surface area contributed by atoms with Crippen LogP contribution in [0.25, 0.3) is 0 Å². The molecule has 18 heteroatoms. The van der Waals surface area contributed by atoms with Crippen LogP contribution in [0, 0.1) is 0 Å². The largest absolute Gasteiger partial charge is 0.382 e. The minimum atomic E-state index is -3.74. The molecule has 0 fully saturated rings. The van der Waals surface area contributed by atoms with E-state index in [0.29, 0.717) is 49.4 Å². The topological polar surface area (TPSA) is 191 Å². The third-order valence-electron chi connectivity index (χ3n) is 8.91. The van der Waals surface area contributed by atoms with Crippen molar-refractivity contribution in [3.63, 3.8) is 0 Å². The van der Waals surface area contributed by atoms with E-state index in [-0.39, 0.29) is 76.6 Å². The summed E-state index contributed by atoms with van der Waals surface area (Å²) in [5.41, 5.74) is 3.04. The van der Waals surface area contributed by atoms with Crippen molar-refractivity contribution in [3.05, 3.63) is 63.1 Å². The van der Waals surface area contributed by atoms with Gasteiger partial charge in [-0.3, -0.25) is 9.59 Å². The number of ether oxygens (including phenoxy) is 6. The number of ketones is 1. The molecule has 3 atom stereocenters. The molecule has 0 spiro atoms. The number of hydrogen-bond acceptors (Lipinski definition) is 13. The molecule has 4 N–H and O–H groups in total. The molecule has 2 aromatic rings. The minimum Gasteiger partial charge on any atom is -0.382 e. The van der Waals surface area contributed by atoms with Gasteiger partial charge in [0.15, 0.2) is 11.9 Å². The van der Waals surface area contributed by atoms with Gasteiger partial charge in [-0.2, -0.15) is 0 Å². The van der Waals surface area contributed by atoms with Crippen molar-refractivity contribution in [2.24, 2.45) is 0 Å². The normalized spacial score (nSPS) is 15.6. The average molecular weight is 865 g/mol. The molecule has 3 rings (SSSR count). The molecular formula is C39H59Cl2N3O12S. The van der Waals surface area contributed by atoms with Crippen LogP contribution in [0.1, 0.15) is 55.2 Å². The molecule has 0 aliphatic carbocycles. The van der Waals surface area contributed by atoms with Gasteiger partial charge in [-0.25, -0.2) is 13.1 Å². The monoisotopic (exact) mass is 863 g/mol. The number of nitrogens with one attached hydrogen (secondary N) is 2. The Morgan fingerprint density at radius 2 is 1.33 bits per heavy atom. The number of fused-ring (bicyclic) bond motifs is 1. The number of rotatable bonds is 31. The molecule has 0 saturated carbocycles. The van der Waals surface area contributed by atoms with Crippen LogP contribution in [0.4, 0.5) is 0 Å². The second-order valence-electron chi connectivity index (χ2n) is 13.4. The fourth-order valence-corrected chi connectivity index (χ4v) is 7.42. The highest BCUT2D eigenvalue weighted by molar-refractivity contribution is 7.89. The molecule has 1 amide bonds. The van der Waals surface area contributed by atoms with E-state index in [2.05, 4.69) is 21.9 Å². The van der Waals surface area contributed by atoms with Crippen molar-refractivity contribution in [2.75, 3.05) is 106 Å². The highest BCUT2D eigenvalue weighted by Crippen LogP contribution is 2.38. The van der Waals surface area contributed by atoms with E-state index in [1.165, 1.54) is 0 Å². The van der Waals surface area contributed by atoms with Gasteiger partial charge in [0.25, 0.3) is 5.91 Å². The number of Topliss-reactive ketones (excluding diaryl/α,β-unsaturated/α-hetero) is 1. The molecule has 0 bridgehead atoms. The number of sulfonamides is 1. The van der Waals surface area contributed by atoms with Gasteiger partial charge in [0.1, 0.15) is 6.10 Å². The summed E-state index contributed by atoms with van der Waals surface area (Å²) in [7, 11) is -1.73. The first-order valence-corrected chi connectivity index (χ1v) is 21.6. The van der Waals surface area contributed by atoms with Gasteiger partial charge in [0, 0.05) is 61.8 Å². The highest BCUT2D eigenvalue weighted by Gasteiger charge is 2.30. The summed E-state index contributed by atoms with van der Waals surface area (Å²) in [6, 6.07) is 10.5. The third-order valence-corrected chi connectivity index (χ3v) is 10.9. The second kappa shape index (κ2) is 27.5. The van der Waals surface area contributed by atoms with Crippen molar-refractivity contribution in [3.8, 4) is 0 Å². The summed E-state index contributed by atoms with van der Waals surface area (Å²) in [6.07, 6.45) is -1.36. The molecule has 57 heavy (non-hydrogen) atoms. The van der Waals surface area contributed by atoms with E-state index in [4.69, 9.17) is 51.6 Å². The zero-order chi connectivity index (χ0) is 41.5. The molecule has 1 heterocycles. The number of likely N-dealkylation sites (N-methyl/N-ethyl adjacent to an activating group) is 1. The average Bonchev–Trinajstić information content (AvgIpc) is 3.19. The number of aliphatic hydroxyl groups is 2. The number of amides is 1. The summed E-state index contributed by atoms with van der Waals surface area (Å²) in [4.78, 5) is 26.6. The number of nitrogens with zero attached hydrogens (tertiary/aromatic N) is 1. The lowest BCUT2D eigenvalue weighted by Crippen LogP contribution is -2.46. The number of halogens is 2. The molecule has 1 aliphatic heterocycles. The van der Waals surface area contributed by atoms with Gasteiger partial charge >= 0.3 is 0 Å². The predicted octanol–water partition coefficient (Wildman–Crippen LogP) is 2.94. The van der Waals surface area contributed by atoms with Gasteiger partial charge in [-0.1, -0.05) is 48.7 Å². The predicted molar refractivity (Wildman–Crippen MR) is 215 cm³/mol. The Labute approximate surface area is 346 Å². The van der Waals surface area contributed by atoms with Crippen LogP contribution in [-0.2, 0) is 54.6 Å². The number of carbonyl (C=O) groups is 2. The lowest BCUT2D eigenvalue weighted by Gasteiger charge is -2.33. The Morgan fingerprint density at radius 1 is 0.789 bits per heavy atom. The van der Waals surface area contributed by atoms with Crippen LogP contribution >= 0.6 is 23.2 Å². The van der Waals surface area contributed by atoms with E-state index in [9.17, 15) is 28.2 Å². The first-order chi connectivity index (χ1) is 27.4. The number of benzene rings is 2. The number of hydrogen-bond donors (Lipinski definition) is 4. The SMILES string of the molecule is CCCCOCCOCCOCCCC(=O)C(O)C(O)C(=O)NCCOCCOCCOCCNS(=O)(=O)c1ccc([C@H]2CN(C)Cc3c(Cl)cc(Cl)cc32)cc1. The maximum Gasteiger partial charge on any atom is 0.252 e. The van der Waals surface area contributed by atoms with Crippen LogP contribution in [0.5, 0.6) is 0 Å². The fraction of sp³-hybridized carbons (Fsp3) is 0.641. The number of aliphatic hydroxyl groups excluding tert-OH is 2. The molecule has 1 aliphatic rings. The summed E-state index contributed by atoms with van der Waals surface area (Å²) in [5, 5.41) is 23.7. The van der Waals surface area contributed by atoms with Gasteiger partial charge in [0.05, 0.1) is 71.0 Å². The van der Waals surface area contributed by atoms with Crippen LogP contribution in [-0.4, -0.2) is 153 Å². The quantitative estimate of drug-likeness (QED) is 0.0811. The van der Waals surface area contributed by atoms with Gasteiger partial charge in [-0.15, -0.1) is 0 Å². The van der Waals surface area contributed by atoms with Crippen LogP contribution in [0.2, 0.25) is 10.0 Å². The Kier molecular flexibility index (Phi) is 23.6. The molecule has 0 radical (unpaired) electrons. The maximum atomic E-state index is 12.9. The van der Waals surface area contributed by atoms with Crippen LogP contribution in [0.3, 0.4) is 0 Å². The molecular weight excluding hydrogens is 805 g/mol. The zero-order valence-electron chi connectivity index (χ0n) is 32.9. The Morgan fingerprint density at radius 3 is 1.93 bits per heavy atom. The Bertz CT molecular complexity index is 1590. The van der Waals surface area contributed by atoms with E-state index in [1.807, 2.05) is 25.2 Å². The van der Waals surface area contributed by atoms with E-state index >= 15 is 0 Å². The summed E-state index contributed by atoms with van der Waals surface area (Å²) in [5.74, 6) is -1.54. The van der Waals surface area contributed by atoms with E-state index < -0.39 is 33.9 Å². The fourth-order valence-electron chi connectivity index (χ4n) is 5.84. The minimum absolute atomic E-state index is 0.000343.